The molecule has 0 amide bonds. The highest BCUT2D eigenvalue weighted by molar-refractivity contribution is 5.08. The van der Waals surface area contributed by atoms with Crippen molar-refractivity contribution in [3.63, 3.8) is 0 Å². The summed E-state index contributed by atoms with van der Waals surface area (Å²) in [6.45, 7) is 0. The van der Waals surface area contributed by atoms with Crippen molar-refractivity contribution in [3.05, 3.63) is 0 Å². The molecule has 2 nitrogen and oxygen atoms in total. The molecule has 2 saturated heterocycles. The molecule has 2 N–H and O–H groups in total. The summed E-state index contributed by atoms with van der Waals surface area (Å²) in [6, 6.07) is 3.56. The fourth-order valence-corrected chi connectivity index (χ4v) is 11.6. The smallest absolute Gasteiger partial charge is 0.0104 e. The van der Waals surface area contributed by atoms with E-state index in [1.54, 1.807) is 51.4 Å². The zero-order chi connectivity index (χ0) is 21.1. The van der Waals surface area contributed by atoms with Gasteiger partial charge in [-0.15, -0.1) is 0 Å². The van der Waals surface area contributed by atoms with Crippen molar-refractivity contribution in [2.45, 2.75) is 140 Å². The molecule has 6 unspecified atom stereocenters. The fraction of sp³-hybridized carbons (Fsp3) is 1.00. The Bertz CT molecular complexity index is 605. The molecule has 180 valence electrons. The van der Waals surface area contributed by atoms with Gasteiger partial charge in [-0.1, -0.05) is 51.4 Å². The van der Waals surface area contributed by atoms with Crippen LogP contribution < -0.4 is 10.6 Å². The Morgan fingerprint density at radius 1 is 0.281 bits per heavy atom. The second-order valence-corrected chi connectivity index (χ2v) is 13.6. The average Bonchev–Trinajstić information content (AvgIpc) is 3.42. The lowest BCUT2D eigenvalue weighted by molar-refractivity contribution is -0.00851. The summed E-state index contributed by atoms with van der Waals surface area (Å²) in [5.74, 6) is 8.45. The highest BCUT2D eigenvalue weighted by atomic mass is 15.0. The predicted octanol–water partition coefficient (Wildman–Crippen LogP) is 6.69. The van der Waals surface area contributed by atoms with E-state index < -0.39 is 0 Å². The topological polar surface area (TPSA) is 24.1 Å². The van der Waals surface area contributed by atoms with Crippen molar-refractivity contribution >= 4 is 0 Å². The molecular weight excluding hydrogens is 388 g/mol. The van der Waals surface area contributed by atoms with Crippen LogP contribution >= 0.6 is 0 Å². The van der Waals surface area contributed by atoms with Crippen LogP contribution in [0.25, 0.3) is 0 Å². The van der Waals surface area contributed by atoms with Crippen molar-refractivity contribution in [3.8, 4) is 0 Å². The average molecular weight is 439 g/mol. The van der Waals surface area contributed by atoms with Crippen LogP contribution in [0.3, 0.4) is 0 Å². The van der Waals surface area contributed by atoms with Gasteiger partial charge in [0.2, 0.25) is 0 Å². The summed E-state index contributed by atoms with van der Waals surface area (Å²) in [7, 11) is 0. The highest BCUT2D eigenvalue weighted by Crippen LogP contribution is 2.57. The predicted molar refractivity (Wildman–Crippen MR) is 132 cm³/mol. The minimum absolute atomic E-state index is 0.888. The van der Waals surface area contributed by atoms with Crippen LogP contribution in [0.4, 0.5) is 0 Å². The third-order valence-electron chi connectivity index (χ3n) is 12.5. The fourth-order valence-electron chi connectivity index (χ4n) is 11.6. The first kappa shape index (κ1) is 21.2. The van der Waals surface area contributed by atoms with Gasteiger partial charge in [0.15, 0.2) is 0 Å². The largest absolute Gasteiger partial charge is 0.311 e. The van der Waals surface area contributed by atoms with Gasteiger partial charge in [-0.25, -0.2) is 0 Å². The molecule has 0 aromatic rings. The first-order valence-electron chi connectivity index (χ1n) is 15.4. The van der Waals surface area contributed by atoms with Crippen LogP contribution in [0.15, 0.2) is 0 Å². The van der Waals surface area contributed by atoms with Gasteiger partial charge in [0.05, 0.1) is 0 Å². The molecule has 0 bridgehead atoms. The lowest BCUT2D eigenvalue weighted by Gasteiger charge is -2.51. The monoisotopic (exact) mass is 438 g/mol. The molecule has 0 spiro atoms. The van der Waals surface area contributed by atoms with E-state index in [9.17, 15) is 0 Å². The van der Waals surface area contributed by atoms with E-state index in [0.29, 0.717) is 0 Å². The van der Waals surface area contributed by atoms with E-state index in [0.717, 1.165) is 71.5 Å². The van der Waals surface area contributed by atoms with Crippen LogP contribution in [0.5, 0.6) is 0 Å². The molecule has 7 fully saturated rings. The maximum Gasteiger partial charge on any atom is 0.0104 e. The van der Waals surface area contributed by atoms with Gasteiger partial charge in [0.1, 0.15) is 0 Å². The molecule has 7 rings (SSSR count). The maximum atomic E-state index is 4.22. The van der Waals surface area contributed by atoms with E-state index in [-0.39, 0.29) is 0 Å². The lowest BCUT2D eigenvalue weighted by Crippen LogP contribution is -2.47. The Labute approximate surface area is 197 Å². The van der Waals surface area contributed by atoms with Gasteiger partial charge in [0, 0.05) is 24.2 Å². The molecule has 5 aliphatic carbocycles. The zero-order valence-electron chi connectivity index (χ0n) is 20.7. The number of rotatable bonds is 2. The second-order valence-electron chi connectivity index (χ2n) is 13.6. The first-order chi connectivity index (χ1) is 15.9. The van der Waals surface area contributed by atoms with Gasteiger partial charge in [-0.2, -0.15) is 0 Å². The van der Waals surface area contributed by atoms with Crippen LogP contribution in [-0.2, 0) is 0 Å². The molecule has 12 atom stereocenters. The highest BCUT2D eigenvalue weighted by Gasteiger charge is 2.55. The zero-order valence-corrected chi connectivity index (χ0v) is 20.7. The van der Waals surface area contributed by atoms with Crippen LogP contribution in [0.1, 0.15) is 116 Å². The van der Waals surface area contributed by atoms with Gasteiger partial charge in [0.25, 0.3) is 0 Å². The number of hydrogen-bond acceptors (Lipinski definition) is 2. The molecule has 2 heteroatoms. The Hall–Kier alpha value is -0.0800. The summed E-state index contributed by atoms with van der Waals surface area (Å²) in [6.07, 6.45) is 27.5. The Morgan fingerprint density at radius 2 is 0.625 bits per heavy atom. The van der Waals surface area contributed by atoms with Gasteiger partial charge in [-0.05, 0) is 112 Å². The van der Waals surface area contributed by atoms with Crippen molar-refractivity contribution in [1.82, 2.24) is 10.6 Å². The SMILES string of the molecule is C1CC[C@H]2C(C1)N[C@H]1CCCC(C3CCCC[C@@H]3C3CCC[C@H]4N[C@H]5CCCCC5[C@@H]34)C21. The number of fused-ring (bicyclic) bond motifs is 6. The summed E-state index contributed by atoms with van der Waals surface area (Å²) in [5, 5.41) is 8.44. The molecule has 32 heavy (non-hydrogen) atoms. The van der Waals surface area contributed by atoms with E-state index in [1.165, 1.54) is 64.2 Å². The Kier molecular flexibility index (Phi) is 5.87. The maximum absolute atomic E-state index is 4.22. The first-order valence-corrected chi connectivity index (χ1v) is 15.4. The summed E-state index contributed by atoms with van der Waals surface area (Å²) >= 11 is 0. The van der Waals surface area contributed by atoms with Crippen molar-refractivity contribution < 1.29 is 0 Å². The van der Waals surface area contributed by atoms with E-state index in [2.05, 4.69) is 10.6 Å². The van der Waals surface area contributed by atoms with Gasteiger partial charge < -0.3 is 10.6 Å². The van der Waals surface area contributed by atoms with Crippen molar-refractivity contribution in [2.75, 3.05) is 0 Å². The van der Waals surface area contributed by atoms with E-state index in [1.807, 2.05) is 0 Å². The Morgan fingerprint density at radius 3 is 1.09 bits per heavy atom. The summed E-state index contributed by atoms with van der Waals surface area (Å²) in [4.78, 5) is 0. The number of hydrogen-bond donors (Lipinski definition) is 2. The lowest BCUT2D eigenvalue weighted by atomic mass is 9.54. The van der Waals surface area contributed by atoms with Crippen LogP contribution in [0, 0.1) is 47.3 Å². The summed E-state index contributed by atoms with van der Waals surface area (Å²) < 4.78 is 0. The molecule has 0 aromatic carbocycles. The van der Waals surface area contributed by atoms with E-state index in [4.69, 9.17) is 0 Å². The third kappa shape index (κ3) is 3.47. The molecule has 0 aromatic heterocycles. The van der Waals surface area contributed by atoms with E-state index >= 15 is 0 Å². The molecule has 5 saturated carbocycles. The van der Waals surface area contributed by atoms with Crippen molar-refractivity contribution in [2.24, 2.45) is 47.3 Å². The molecule has 0 radical (unpaired) electrons. The normalized spacial score (nSPS) is 55.5. The quantitative estimate of drug-likeness (QED) is 0.502. The molecule has 2 aliphatic heterocycles. The summed E-state index contributed by atoms with van der Waals surface area (Å²) in [5.41, 5.74) is 0. The van der Waals surface area contributed by atoms with Gasteiger partial charge in [-0.3, -0.25) is 0 Å². The van der Waals surface area contributed by atoms with Crippen LogP contribution in [0.2, 0.25) is 0 Å². The minimum Gasteiger partial charge on any atom is -0.311 e. The van der Waals surface area contributed by atoms with Gasteiger partial charge >= 0.3 is 0 Å². The molecular formula is C30H50N2. The standard InChI is InChI=1S/C30H50N2/c1-2-10-20(22-14-8-18-28-30(22)24-12-4-6-16-26(24)32-28)19(9-1)21-13-7-17-27-29(21)23-11-3-5-15-25(23)31-27/h19-32H,1-18H2/t19-,20?,21?,22?,23?,24-,25-,26?,27+,28-,29+,30?/m0/s1. The molecule has 2 heterocycles. The second kappa shape index (κ2) is 8.85. The Balaban J connectivity index is 1.17. The minimum atomic E-state index is 0.888. The van der Waals surface area contributed by atoms with Crippen molar-refractivity contribution in [1.29, 1.82) is 0 Å². The molecule has 7 aliphatic rings. The third-order valence-corrected chi connectivity index (χ3v) is 12.5. The van der Waals surface area contributed by atoms with Crippen LogP contribution in [-0.4, -0.2) is 24.2 Å². The number of nitrogens with one attached hydrogen (secondary N) is 2.